The van der Waals surface area contributed by atoms with E-state index in [9.17, 15) is 0 Å². The van der Waals surface area contributed by atoms with Crippen LogP contribution in [-0.2, 0) is 0 Å². The molecule has 0 radical (unpaired) electrons. The van der Waals surface area contributed by atoms with Gasteiger partial charge in [-0.1, -0.05) is 12.1 Å². The van der Waals surface area contributed by atoms with Gasteiger partial charge in [-0.3, -0.25) is 4.98 Å². The van der Waals surface area contributed by atoms with Crippen LogP contribution in [0.25, 0.3) is 11.0 Å². The third-order valence-corrected chi connectivity index (χ3v) is 3.74. The number of nitrogens with one attached hydrogen (secondary N) is 1. The minimum Gasteiger partial charge on any atom is -0.368 e. The minimum atomic E-state index is 0.715. The topological polar surface area (TPSA) is 41.0 Å². The molecule has 0 aliphatic carbocycles. The molecule has 1 aliphatic heterocycles. The molecule has 1 saturated heterocycles. The van der Waals surface area contributed by atoms with Crippen molar-refractivity contribution < 1.29 is 0 Å². The fourth-order valence-corrected chi connectivity index (χ4v) is 2.73. The summed E-state index contributed by atoms with van der Waals surface area (Å²) in [6.45, 7) is 3.39. The van der Waals surface area contributed by atoms with Crippen molar-refractivity contribution in [3.05, 3.63) is 30.5 Å². The quantitative estimate of drug-likeness (QED) is 0.915. The number of rotatable bonds is 3. The first-order valence-corrected chi connectivity index (χ1v) is 6.95. The van der Waals surface area contributed by atoms with Gasteiger partial charge >= 0.3 is 0 Å². The van der Waals surface area contributed by atoms with Gasteiger partial charge in [0, 0.05) is 13.1 Å². The molecule has 1 atom stereocenters. The van der Waals surface area contributed by atoms with Gasteiger partial charge in [-0.15, -0.1) is 0 Å². The Morgan fingerprint density at radius 2 is 2.16 bits per heavy atom. The number of hydrogen-bond acceptors (Lipinski definition) is 4. The molecule has 1 N–H and O–H groups in total. The number of anilines is 1. The van der Waals surface area contributed by atoms with Crippen LogP contribution in [0.2, 0.25) is 0 Å². The number of hydrogen-bond donors (Lipinski definition) is 1. The number of nitrogens with zero attached hydrogens (tertiary/aromatic N) is 3. The maximum absolute atomic E-state index is 4.59. The fraction of sp³-hybridized carbons (Fsp3) is 0.467. The third kappa shape index (κ3) is 3.01. The molecular weight excluding hydrogens is 236 g/mol. The zero-order valence-corrected chi connectivity index (χ0v) is 11.3. The summed E-state index contributed by atoms with van der Waals surface area (Å²) in [5.41, 5.74) is 1.90. The lowest BCUT2D eigenvalue weighted by Crippen LogP contribution is -2.35. The van der Waals surface area contributed by atoms with Gasteiger partial charge in [0.1, 0.15) is 5.82 Å². The predicted molar refractivity (Wildman–Crippen MR) is 78.2 cm³/mol. The molecular formula is C15H20N4. The van der Waals surface area contributed by atoms with Crippen LogP contribution < -0.4 is 5.32 Å². The van der Waals surface area contributed by atoms with Gasteiger partial charge in [-0.05, 0) is 44.5 Å². The highest BCUT2D eigenvalue weighted by molar-refractivity contribution is 5.75. The smallest absolute Gasteiger partial charge is 0.145 e. The summed E-state index contributed by atoms with van der Waals surface area (Å²) in [7, 11) is 2.20. The molecule has 1 aliphatic rings. The first-order valence-electron chi connectivity index (χ1n) is 6.95. The molecule has 0 amide bonds. The normalized spacial score (nSPS) is 20.6. The summed E-state index contributed by atoms with van der Waals surface area (Å²) >= 11 is 0. The van der Waals surface area contributed by atoms with E-state index in [-0.39, 0.29) is 0 Å². The number of likely N-dealkylation sites (tertiary alicyclic amines) is 1. The molecule has 1 aromatic carbocycles. The van der Waals surface area contributed by atoms with Crippen LogP contribution in [0.15, 0.2) is 30.5 Å². The predicted octanol–water partition coefficient (Wildman–Crippen LogP) is 2.38. The van der Waals surface area contributed by atoms with Crippen LogP contribution in [0, 0.1) is 5.92 Å². The van der Waals surface area contributed by atoms with Gasteiger partial charge in [-0.25, -0.2) is 4.98 Å². The SMILES string of the molecule is CN1CCCC(CNc2cnc3ccccc3n2)C1. The van der Waals surface area contributed by atoms with Crippen molar-refractivity contribution >= 4 is 16.9 Å². The first-order chi connectivity index (χ1) is 9.31. The second-order valence-corrected chi connectivity index (χ2v) is 5.40. The average molecular weight is 256 g/mol. The number of piperidine rings is 1. The lowest BCUT2D eigenvalue weighted by Gasteiger charge is -2.29. The van der Waals surface area contributed by atoms with Crippen LogP contribution in [-0.4, -0.2) is 41.5 Å². The fourth-order valence-electron chi connectivity index (χ4n) is 2.73. The van der Waals surface area contributed by atoms with Crippen LogP contribution in [0.5, 0.6) is 0 Å². The van der Waals surface area contributed by atoms with Gasteiger partial charge < -0.3 is 10.2 Å². The summed E-state index contributed by atoms with van der Waals surface area (Å²) in [4.78, 5) is 11.4. The van der Waals surface area contributed by atoms with Crippen molar-refractivity contribution in [3.8, 4) is 0 Å². The number of fused-ring (bicyclic) bond motifs is 1. The van der Waals surface area contributed by atoms with E-state index in [1.165, 1.54) is 25.9 Å². The molecule has 0 bridgehead atoms. The second-order valence-electron chi connectivity index (χ2n) is 5.40. The van der Waals surface area contributed by atoms with E-state index >= 15 is 0 Å². The molecule has 2 aromatic rings. The Morgan fingerprint density at radius 3 is 3.00 bits per heavy atom. The van der Waals surface area contributed by atoms with E-state index in [1.54, 1.807) is 0 Å². The Bertz CT molecular complexity index is 555. The lowest BCUT2D eigenvalue weighted by molar-refractivity contribution is 0.217. The summed E-state index contributed by atoms with van der Waals surface area (Å²) in [5, 5.41) is 3.43. The highest BCUT2D eigenvalue weighted by Crippen LogP contribution is 2.16. The number of para-hydroxylation sites is 2. The zero-order chi connectivity index (χ0) is 13.1. The van der Waals surface area contributed by atoms with Gasteiger partial charge in [0.2, 0.25) is 0 Å². The van der Waals surface area contributed by atoms with Crippen LogP contribution in [0.3, 0.4) is 0 Å². The average Bonchev–Trinajstić information content (AvgIpc) is 2.45. The van der Waals surface area contributed by atoms with Crippen molar-refractivity contribution in [3.63, 3.8) is 0 Å². The molecule has 2 heterocycles. The largest absolute Gasteiger partial charge is 0.368 e. The van der Waals surface area contributed by atoms with Crippen LogP contribution in [0.1, 0.15) is 12.8 Å². The summed E-state index contributed by atoms with van der Waals surface area (Å²) in [6, 6.07) is 7.98. The monoisotopic (exact) mass is 256 g/mol. The van der Waals surface area contributed by atoms with Crippen molar-refractivity contribution in [2.75, 3.05) is 32.0 Å². The molecule has 1 unspecified atom stereocenters. The Morgan fingerprint density at radius 1 is 1.32 bits per heavy atom. The van der Waals surface area contributed by atoms with Gasteiger partial charge in [-0.2, -0.15) is 0 Å². The van der Waals surface area contributed by atoms with Crippen molar-refractivity contribution in [1.82, 2.24) is 14.9 Å². The highest BCUT2D eigenvalue weighted by Gasteiger charge is 2.16. The molecule has 1 aromatic heterocycles. The molecule has 4 nitrogen and oxygen atoms in total. The van der Waals surface area contributed by atoms with Crippen LogP contribution in [0.4, 0.5) is 5.82 Å². The van der Waals surface area contributed by atoms with Gasteiger partial charge in [0.15, 0.2) is 0 Å². The first kappa shape index (κ1) is 12.4. The Balaban J connectivity index is 1.64. The number of benzene rings is 1. The molecule has 4 heteroatoms. The van der Waals surface area contributed by atoms with Crippen molar-refractivity contribution in [1.29, 1.82) is 0 Å². The minimum absolute atomic E-state index is 0.715. The summed E-state index contributed by atoms with van der Waals surface area (Å²) < 4.78 is 0. The maximum atomic E-state index is 4.59. The van der Waals surface area contributed by atoms with E-state index in [4.69, 9.17) is 0 Å². The summed E-state index contributed by atoms with van der Waals surface area (Å²) in [6.07, 6.45) is 4.43. The lowest BCUT2D eigenvalue weighted by atomic mass is 9.98. The molecule has 3 rings (SSSR count). The van der Waals surface area contributed by atoms with E-state index in [1.807, 2.05) is 30.5 Å². The Hall–Kier alpha value is -1.68. The standard InChI is InChI=1S/C15H20N4/c1-19-8-4-5-12(11-19)9-17-15-10-16-13-6-2-3-7-14(13)18-15/h2-3,6-7,10,12H,4-5,8-9,11H2,1H3,(H,17,18). The summed E-state index contributed by atoms with van der Waals surface area (Å²) in [5.74, 6) is 1.60. The Kier molecular flexibility index (Phi) is 3.60. The number of aromatic nitrogens is 2. The second kappa shape index (κ2) is 5.53. The molecule has 1 fully saturated rings. The molecule has 0 spiro atoms. The highest BCUT2D eigenvalue weighted by atomic mass is 15.1. The van der Waals surface area contributed by atoms with Gasteiger partial charge in [0.25, 0.3) is 0 Å². The van der Waals surface area contributed by atoms with Gasteiger partial charge in [0.05, 0.1) is 17.2 Å². The van der Waals surface area contributed by atoms with Crippen molar-refractivity contribution in [2.24, 2.45) is 5.92 Å². The van der Waals surface area contributed by atoms with Crippen LogP contribution >= 0.6 is 0 Å². The molecule has 0 saturated carbocycles. The molecule has 19 heavy (non-hydrogen) atoms. The van der Waals surface area contributed by atoms with E-state index in [0.717, 1.165) is 23.4 Å². The van der Waals surface area contributed by atoms with Crippen molar-refractivity contribution in [2.45, 2.75) is 12.8 Å². The maximum Gasteiger partial charge on any atom is 0.145 e. The van der Waals surface area contributed by atoms with E-state index in [0.29, 0.717) is 5.92 Å². The zero-order valence-electron chi connectivity index (χ0n) is 11.3. The third-order valence-electron chi connectivity index (χ3n) is 3.74. The molecule has 100 valence electrons. The van der Waals surface area contributed by atoms with E-state index < -0.39 is 0 Å². The van der Waals surface area contributed by atoms with E-state index in [2.05, 4.69) is 27.2 Å². The Labute approximate surface area is 113 Å².